The van der Waals surface area contributed by atoms with E-state index in [1.54, 1.807) is 19.2 Å². The third-order valence-electron chi connectivity index (χ3n) is 3.98. The van der Waals surface area contributed by atoms with Crippen LogP contribution in [0.3, 0.4) is 0 Å². The van der Waals surface area contributed by atoms with E-state index in [1.165, 1.54) is 38.1 Å². The van der Waals surface area contributed by atoms with Crippen molar-refractivity contribution in [2.45, 2.75) is 26.3 Å². The van der Waals surface area contributed by atoms with Crippen molar-refractivity contribution >= 4 is 29.9 Å². The quantitative estimate of drug-likeness (QED) is 0.411. The van der Waals surface area contributed by atoms with Crippen molar-refractivity contribution in [1.29, 1.82) is 0 Å². The molecule has 0 amide bonds. The summed E-state index contributed by atoms with van der Waals surface area (Å²) >= 11 is 0. The predicted octanol–water partition coefficient (Wildman–Crippen LogP) is 2.84. The van der Waals surface area contributed by atoms with Gasteiger partial charge in [-0.2, -0.15) is 0 Å². The van der Waals surface area contributed by atoms with E-state index in [4.69, 9.17) is 0 Å². The van der Waals surface area contributed by atoms with Gasteiger partial charge in [0.15, 0.2) is 5.96 Å². The number of aliphatic imine (C=N–C) groups is 1. The van der Waals surface area contributed by atoms with E-state index in [-0.39, 0.29) is 29.8 Å². The number of likely N-dealkylation sites (tertiary alicyclic amines) is 1. The fourth-order valence-electron chi connectivity index (χ4n) is 2.75. The lowest BCUT2D eigenvalue weighted by molar-refractivity contribution is 0.287. The zero-order valence-electron chi connectivity index (χ0n) is 14.0. The van der Waals surface area contributed by atoms with E-state index in [2.05, 4.69) is 27.4 Å². The molecule has 1 aromatic carbocycles. The summed E-state index contributed by atoms with van der Waals surface area (Å²) in [7, 11) is 1.77. The topological polar surface area (TPSA) is 39.7 Å². The molecule has 0 spiro atoms. The summed E-state index contributed by atoms with van der Waals surface area (Å²) in [5.74, 6) is 1.17. The normalized spacial score (nSPS) is 16.7. The Labute approximate surface area is 156 Å². The van der Waals surface area contributed by atoms with Crippen LogP contribution in [0.1, 0.15) is 25.3 Å². The second-order valence-electron chi connectivity index (χ2n) is 6.05. The summed E-state index contributed by atoms with van der Waals surface area (Å²) < 4.78 is 12.9. The minimum atomic E-state index is -0.206. The second kappa shape index (κ2) is 10.8. The van der Waals surface area contributed by atoms with Gasteiger partial charge in [0.05, 0.1) is 0 Å². The van der Waals surface area contributed by atoms with Gasteiger partial charge < -0.3 is 15.5 Å². The Morgan fingerprint density at radius 1 is 1.22 bits per heavy atom. The Kier molecular flexibility index (Phi) is 9.47. The number of nitrogens with one attached hydrogen (secondary N) is 2. The fraction of sp³-hybridized carbons (Fsp3) is 0.588. The zero-order chi connectivity index (χ0) is 15.8. The SMILES string of the molecule is CN=C(NCc1ccc(F)cc1)NCC(C)CN1CCCC1.I. The molecule has 1 saturated heterocycles. The molecule has 6 heteroatoms. The van der Waals surface area contributed by atoms with Gasteiger partial charge >= 0.3 is 0 Å². The summed E-state index contributed by atoms with van der Waals surface area (Å²) in [5.41, 5.74) is 1.04. The van der Waals surface area contributed by atoms with Gasteiger partial charge in [0.25, 0.3) is 0 Å². The molecular weight excluding hydrogens is 406 g/mol. The van der Waals surface area contributed by atoms with Gasteiger partial charge in [-0.05, 0) is 49.5 Å². The van der Waals surface area contributed by atoms with Crippen LogP contribution in [0.25, 0.3) is 0 Å². The maximum Gasteiger partial charge on any atom is 0.191 e. The van der Waals surface area contributed by atoms with Gasteiger partial charge in [-0.3, -0.25) is 4.99 Å². The second-order valence-corrected chi connectivity index (χ2v) is 6.05. The molecule has 4 nitrogen and oxygen atoms in total. The number of rotatable bonds is 6. The molecule has 0 aromatic heterocycles. The summed E-state index contributed by atoms with van der Waals surface area (Å²) in [5, 5.41) is 6.62. The van der Waals surface area contributed by atoms with Crippen LogP contribution in [0.5, 0.6) is 0 Å². The van der Waals surface area contributed by atoms with Gasteiger partial charge in [-0.15, -0.1) is 24.0 Å². The Morgan fingerprint density at radius 2 is 1.87 bits per heavy atom. The van der Waals surface area contributed by atoms with E-state index in [0.29, 0.717) is 12.5 Å². The van der Waals surface area contributed by atoms with Crippen molar-refractivity contribution in [3.05, 3.63) is 35.6 Å². The van der Waals surface area contributed by atoms with Crippen LogP contribution >= 0.6 is 24.0 Å². The average molecular weight is 434 g/mol. The first-order chi connectivity index (χ1) is 10.7. The lowest BCUT2D eigenvalue weighted by Gasteiger charge is -2.21. The fourth-order valence-corrected chi connectivity index (χ4v) is 2.75. The van der Waals surface area contributed by atoms with Crippen LogP contribution in [-0.4, -0.2) is 44.1 Å². The molecule has 23 heavy (non-hydrogen) atoms. The molecular formula is C17H28FIN4. The summed E-state index contributed by atoms with van der Waals surface area (Å²) in [6.45, 7) is 7.42. The first-order valence-corrected chi connectivity index (χ1v) is 8.08. The minimum Gasteiger partial charge on any atom is -0.356 e. The Morgan fingerprint density at radius 3 is 2.48 bits per heavy atom. The van der Waals surface area contributed by atoms with Crippen molar-refractivity contribution in [3.63, 3.8) is 0 Å². The van der Waals surface area contributed by atoms with Gasteiger partial charge in [0.1, 0.15) is 5.82 Å². The first-order valence-electron chi connectivity index (χ1n) is 8.08. The van der Waals surface area contributed by atoms with Crippen molar-refractivity contribution in [2.24, 2.45) is 10.9 Å². The molecule has 1 fully saturated rings. The number of nitrogens with zero attached hydrogens (tertiary/aromatic N) is 2. The van der Waals surface area contributed by atoms with E-state index in [0.717, 1.165) is 24.6 Å². The van der Waals surface area contributed by atoms with E-state index in [1.807, 2.05) is 0 Å². The van der Waals surface area contributed by atoms with Gasteiger partial charge in [-0.25, -0.2) is 4.39 Å². The van der Waals surface area contributed by atoms with Gasteiger partial charge in [-0.1, -0.05) is 19.1 Å². The minimum absolute atomic E-state index is 0. The highest BCUT2D eigenvalue weighted by Gasteiger charge is 2.14. The third-order valence-corrected chi connectivity index (χ3v) is 3.98. The van der Waals surface area contributed by atoms with Crippen molar-refractivity contribution in [2.75, 3.05) is 33.2 Å². The third kappa shape index (κ3) is 7.48. The first kappa shape index (κ1) is 20.2. The molecule has 0 bridgehead atoms. The molecule has 1 unspecified atom stereocenters. The monoisotopic (exact) mass is 434 g/mol. The molecule has 1 aliphatic rings. The Hall–Kier alpha value is -0.890. The summed E-state index contributed by atoms with van der Waals surface area (Å²) in [6.07, 6.45) is 2.67. The van der Waals surface area contributed by atoms with Crippen LogP contribution in [0.15, 0.2) is 29.3 Å². The number of hydrogen-bond acceptors (Lipinski definition) is 2. The highest BCUT2D eigenvalue weighted by molar-refractivity contribution is 14.0. The average Bonchev–Trinajstić information content (AvgIpc) is 3.02. The van der Waals surface area contributed by atoms with Crippen molar-refractivity contribution in [1.82, 2.24) is 15.5 Å². The lowest BCUT2D eigenvalue weighted by Crippen LogP contribution is -2.41. The Balaban J connectivity index is 0.00000264. The molecule has 0 aliphatic carbocycles. The summed E-state index contributed by atoms with van der Waals surface area (Å²) in [4.78, 5) is 6.76. The zero-order valence-corrected chi connectivity index (χ0v) is 16.3. The summed E-state index contributed by atoms with van der Waals surface area (Å²) in [6, 6.07) is 6.52. The molecule has 2 N–H and O–H groups in total. The van der Waals surface area contributed by atoms with Crippen LogP contribution in [0.2, 0.25) is 0 Å². The Bertz CT molecular complexity index is 472. The smallest absolute Gasteiger partial charge is 0.191 e. The van der Waals surface area contributed by atoms with E-state index >= 15 is 0 Å². The van der Waals surface area contributed by atoms with Crippen LogP contribution in [0.4, 0.5) is 4.39 Å². The number of benzene rings is 1. The molecule has 1 aromatic rings. The van der Waals surface area contributed by atoms with E-state index in [9.17, 15) is 4.39 Å². The molecule has 0 radical (unpaired) electrons. The molecule has 130 valence electrons. The largest absolute Gasteiger partial charge is 0.356 e. The standard InChI is InChI=1S/C17H27FN4.HI/c1-14(13-22-9-3-4-10-22)11-20-17(19-2)21-12-15-5-7-16(18)8-6-15;/h5-8,14H,3-4,9-13H2,1-2H3,(H2,19,20,21);1H. The molecule has 2 rings (SSSR count). The lowest BCUT2D eigenvalue weighted by atomic mass is 10.1. The van der Waals surface area contributed by atoms with E-state index < -0.39 is 0 Å². The molecule has 1 aliphatic heterocycles. The van der Waals surface area contributed by atoms with Crippen molar-refractivity contribution < 1.29 is 4.39 Å². The van der Waals surface area contributed by atoms with Crippen LogP contribution in [0, 0.1) is 11.7 Å². The predicted molar refractivity (Wildman–Crippen MR) is 105 cm³/mol. The van der Waals surface area contributed by atoms with Crippen molar-refractivity contribution in [3.8, 4) is 0 Å². The maximum absolute atomic E-state index is 12.9. The van der Waals surface area contributed by atoms with Gasteiger partial charge in [0.2, 0.25) is 0 Å². The number of guanidine groups is 1. The number of halogens is 2. The highest BCUT2D eigenvalue weighted by Crippen LogP contribution is 2.09. The van der Waals surface area contributed by atoms with Crippen LogP contribution in [-0.2, 0) is 6.54 Å². The van der Waals surface area contributed by atoms with Crippen LogP contribution < -0.4 is 10.6 Å². The molecule has 1 heterocycles. The molecule has 1 atom stereocenters. The van der Waals surface area contributed by atoms with Gasteiger partial charge in [0, 0.05) is 26.7 Å². The molecule has 0 saturated carbocycles. The number of hydrogen-bond donors (Lipinski definition) is 2. The highest BCUT2D eigenvalue weighted by atomic mass is 127. The maximum atomic E-state index is 12.9.